The Bertz CT molecular complexity index is 913. The smallest absolute Gasteiger partial charge is 0.230 e. The van der Waals surface area contributed by atoms with E-state index in [4.69, 9.17) is 4.74 Å². The summed E-state index contributed by atoms with van der Waals surface area (Å²) >= 11 is 0. The van der Waals surface area contributed by atoms with Crippen molar-refractivity contribution < 1.29 is 13.9 Å². The highest BCUT2D eigenvalue weighted by Gasteiger charge is 2.38. The summed E-state index contributed by atoms with van der Waals surface area (Å²) in [5, 5.41) is 0.973. The Morgan fingerprint density at radius 2 is 2.12 bits per heavy atom. The molecule has 1 unspecified atom stereocenters. The zero-order valence-electron chi connectivity index (χ0n) is 14.8. The quantitative estimate of drug-likeness (QED) is 0.852. The number of benzene rings is 1. The monoisotopic (exact) mass is 355 g/mol. The van der Waals surface area contributed by atoms with Crippen molar-refractivity contribution in [2.45, 2.75) is 12.5 Å². The number of fused-ring (bicyclic) bond motifs is 2. The maximum absolute atomic E-state index is 14.4. The third kappa shape index (κ3) is 2.32. The average Bonchev–Trinajstić information content (AvgIpc) is 2.99. The van der Waals surface area contributed by atoms with E-state index < -0.39 is 0 Å². The number of nitrogens with zero attached hydrogens (tertiary/aromatic N) is 2. The molecule has 2 aromatic rings. The van der Waals surface area contributed by atoms with Crippen LogP contribution < -0.4 is 0 Å². The van der Waals surface area contributed by atoms with Crippen LogP contribution in [0.4, 0.5) is 4.39 Å². The summed E-state index contributed by atoms with van der Waals surface area (Å²) < 4.78 is 19.8. The molecule has 0 bridgehead atoms. The van der Waals surface area contributed by atoms with Crippen LogP contribution in [0, 0.1) is 11.9 Å². The molecule has 1 aromatic carbocycles. The average molecular weight is 355 g/mol. The highest BCUT2D eigenvalue weighted by atomic mass is 19.1. The lowest BCUT2D eigenvalue weighted by molar-refractivity contribution is -0.138. The summed E-state index contributed by atoms with van der Waals surface area (Å²) in [6.07, 6.45) is 2.77. The van der Waals surface area contributed by atoms with Gasteiger partial charge in [0.2, 0.25) is 5.91 Å². The normalized spacial score (nSPS) is 25.9. The fourth-order valence-electron chi connectivity index (χ4n) is 4.67. The minimum Gasteiger partial charge on any atom is -0.378 e. The molecule has 5 nitrogen and oxygen atoms in total. The number of hydrogen-bond donors (Lipinski definition) is 1. The van der Waals surface area contributed by atoms with E-state index in [2.05, 4.69) is 16.0 Å². The number of aromatic amines is 1. The molecule has 1 N–H and O–H groups in total. The Kier molecular flexibility index (Phi) is 3.65. The first-order valence-electron chi connectivity index (χ1n) is 9.21. The summed E-state index contributed by atoms with van der Waals surface area (Å²) in [5.74, 6) is -0.222. The van der Waals surface area contributed by atoms with E-state index in [0.717, 1.165) is 27.6 Å². The number of carbonyl (C=O) groups excluding carboxylic acids is 1. The second kappa shape index (κ2) is 5.93. The van der Waals surface area contributed by atoms with Gasteiger partial charge < -0.3 is 14.6 Å². The molecule has 0 saturated carbocycles. The number of hydrogen-bond acceptors (Lipinski definition) is 3. The van der Waals surface area contributed by atoms with Crippen LogP contribution in [0.1, 0.15) is 11.1 Å². The van der Waals surface area contributed by atoms with Gasteiger partial charge in [0.25, 0.3) is 0 Å². The molecule has 3 heterocycles. The summed E-state index contributed by atoms with van der Waals surface area (Å²) in [7, 11) is 2.03. The molecule has 6 heteroatoms. The van der Waals surface area contributed by atoms with Crippen LogP contribution in [-0.4, -0.2) is 66.6 Å². The van der Waals surface area contributed by atoms with Crippen molar-refractivity contribution in [3.63, 3.8) is 0 Å². The van der Waals surface area contributed by atoms with Gasteiger partial charge in [-0.3, -0.25) is 9.69 Å². The molecule has 0 spiro atoms. The summed E-state index contributed by atoms with van der Waals surface area (Å²) in [4.78, 5) is 20.0. The summed E-state index contributed by atoms with van der Waals surface area (Å²) in [5.41, 5.74) is 3.81. The van der Waals surface area contributed by atoms with Crippen LogP contribution in [0.25, 0.3) is 16.5 Å². The first-order chi connectivity index (χ1) is 12.6. The first-order valence-corrected chi connectivity index (χ1v) is 9.21. The van der Waals surface area contributed by atoms with E-state index in [1.54, 1.807) is 0 Å². The lowest BCUT2D eigenvalue weighted by atomic mass is 9.79. The Morgan fingerprint density at radius 1 is 1.31 bits per heavy atom. The van der Waals surface area contributed by atoms with Gasteiger partial charge >= 0.3 is 0 Å². The van der Waals surface area contributed by atoms with Gasteiger partial charge in [-0.2, -0.15) is 4.39 Å². The second-order valence-corrected chi connectivity index (χ2v) is 7.47. The Morgan fingerprint density at radius 3 is 2.92 bits per heavy atom. The molecule has 0 radical (unpaired) electrons. The van der Waals surface area contributed by atoms with Crippen LogP contribution in [0.5, 0.6) is 0 Å². The molecule has 1 amide bonds. The molecule has 5 rings (SSSR count). The number of carbonyl (C=O) groups is 1. The number of aromatic nitrogens is 1. The largest absolute Gasteiger partial charge is 0.378 e. The van der Waals surface area contributed by atoms with Gasteiger partial charge in [0.1, 0.15) is 0 Å². The van der Waals surface area contributed by atoms with E-state index >= 15 is 0 Å². The molecule has 136 valence electrons. The number of ether oxygens (including phenoxy) is 1. The minimum atomic E-state index is -0.230. The van der Waals surface area contributed by atoms with Gasteiger partial charge in [0.15, 0.2) is 5.95 Å². The maximum atomic E-state index is 14.4. The van der Waals surface area contributed by atoms with Crippen molar-refractivity contribution in [3.8, 4) is 0 Å². The lowest BCUT2D eigenvalue weighted by Gasteiger charge is -2.40. The summed E-state index contributed by atoms with van der Waals surface area (Å²) in [6.45, 7) is 3.21. The molecule has 1 saturated heterocycles. The molecule has 3 aliphatic rings. The molecule has 1 aliphatic carbocycles. The van der Waals surface area contributed by atoms with E-state index in [0.29, 0.717) is 39.3 Å². The van der Waals surface area contributed by atoms with Gasteiger partial charge in [0, 0.05) is 42.1 Å². The number of amides is 1. The fraction of sp³-hybridized carbons (Fsp3) is 0.450. The Labute approximate surface area is 151 Å². The van der Waals surface area contributed by atoms with Crippen molar-refractivity contribution >= 4 is 22.4 Å². The minimum absolute atomic E-state index is 0.118. The molecular weight excluding hydrogens is 333 g/mol. The van der Waals surface area contributed by atoms with Crippen molar-refractivity contribution in [1.82, 2.24) is 14.8 Å². The van der Waals surface area contributed by atoms with E-state index in [9.17, 15) is 9.18 Å². The number of morpholine rings is 1. The van der Waals surface area contributed by atoms with Crippen molar-refractivity contribution in [3.05, 3.63) is 41.3 Å². The number of H-pyrrole nitrogens is 1. The molecule has 1 fully saturated rings. The third-order valence-electron chi connectivity index (χ3n) is 5.98. The number of rotatable bonds is 1. The van der Waals surface area contributed by atoms with Gasteiger partial charge in [-0.15, -0.1) is 0 Å². The topological polar surface area (TPSA) is 48.6 Å². The van der Waals surface area contributed by atoms with Crippen LogP contribution in [0.15, 0.2) is 24.3 Å². The van der Waals surface area contributed by atoms with Crippen LogP contribution in [0.3, 0.4) is 0 Å². The van der Waals surface area contributed by atoms with Gasteiger partial charge in [-0.25, -0.2) is 0 Å². The second-order valence-electron chi connectivity index (χ2n) is 7.47. The molecular formula is C20H22FN3O2. The molecule has 2 aliphatic heterocycles. The van der Waals surface area contributed by atoms with Gasteiger partial charge in [0.05, 0.1) is 19.1 Å². The maximum Gasteiger partial charge on any atom is 0.230 e. The van der Waals surface area contributed by atoms with Crippen molar-refractivity contribution in [2.24, 2.45) is 5.92 Å². The van der Waals surface area contributed by atoms with E-state index in [1.165, 1.54) is 0 Å². The predicted octanol–water partition coefficient (Wildman–Crippen LogP) is 2.04. The number of halogens is 1. The Hall–Kier alpha value is -2.18. The molecule has 1 aromatic heterocycles. The highest BCUT2D eigenvalue weighted by molar-refractivity contribution is 5.99. The molecule has 2 atom stereocenters. The van der Waals surface area contributed by atoms with Gasteiger partial charge in [-0.1, -0.05) is 18.2 Å². The van der Waals surface area contributed by atoms with E-state index in [1.807, 2.05) is 30.1 Å². The zero-order chi connectivity index (χ0) is 17.8. The van der Waals surface area contributed by atoms with E-state index in [-0.39, 0.29) is 23.8 Å². The lowest BCUT2D eigenvalue weighted by Crippen LogP contribution is -2.49. The van der Waals surface area contributed by atoms with Crippen LogP contribution >= 0.6 is 0 Å². The number of nitrogens with one attached hydrogen (secondary N) is 1. The predicted molar refractivity (Wildman–Crippen MR) is 97.2 cm³/mol. The fourth-order valence-corrected chi connectivity index (χ4v) is 4.67. The van der Waals surface area contributed by atoms with Gasteiger partial charge in [-0.05, 0) is 30.7 Å². The highest BCUT2D eigenvalue weighted by Crippen LogP contribution is 2.41. The third-order valence-corrected chi connectivity index (χ3v) is 5.98. The standard InChI is InChI=1S/C20H22FN3O2/c1-23-11-12(20(25)24-5-7-26-8-6-24)9-14-13-3-2-4-16-18(13)15(10-17(14)23)19(21)22-16/h2-4,9,12,17,22H,5-8,10-11H2,1H3/t12-,17?/m1/s1. The SMILES string of the molecule is CN1C[C@H](C(=O)N2CCOCC2)C=C2c3cccc4[nH]c(F)c(c34)CC21. The van der Waals surface area contributed by atoms with Crippen molar-refractivity contribution in [2.75, 3.05) is 39.9 Å². The van der Waals surface area contributed by atoms with Crippen LogP contribution in [-0.2, 0) is 16.0 Å². The molecule has 26 heavy (non-hydrogen) atoms. The zero-order valence-corrected chi connectivity index (χ0v) is 14.8. The Balaban J connectivity index is 1.57. The van der Waals surface area contributed by atoms with Crippen molar-refractivity contribution in [1.29, 1.82) is 0 Å². The first kappa shape index (κ1) is 16.0. The number of likely N-dealkylation sites (N-methyl/N-ethyl adjacent to an activating group) is 1. The van der Waals surface area contributed by atoms with Crippen LogP contribution in [0.2, 0.25) is 0 Å². The summed E-state index contributed by atoms with van der Waals surface area (Å²) in [6, 6.07) is 6.03.